The Kier molecular flexibility index (Phi) is 5.09. The maximum Gasteiger partial charge on any atom is 0.253 e. The third kappa shape index (κ3) is 3.91. The van der Waals surface area contributed by atoms with E-state index in [0.717, 1.165) is 10.6 Å². The maximum atomic E-state index is 12.4. The van der Waals surface area contributed by atoms with E-state index in [1.165, 1.54) is 11.3 Å². The topological polar surface area (TPSA) is 62.2 Å². The Hall–Kier alpha value is -2.16. The summed E-state index contributed by atoms with van der Waals surface area (Å²) in [6, 6.07) is 5.32. The molecule has 0 fully saturated rings. The van der Waals surface area contributed by atoms with Crippen molar-refractivity contribution in [3.05, 3.63) is 51.5 Å². The van der Waals surface area contributed by atoms with Crippen molar-refractivity contribution in [2.45, 2.75) is 19.9 Å². The summed E-state index contributed by atoms with van der Waals surface area (Å²) in [5.74, 6) is 5.19. The first-order valence-electron chi connectivity index (χ1n) is 6.52. The van der Waals surface area contributed by atoms with Crippen molar-refractivity contribution < 1.29 is 9.90 Å². The standard InChI is InChI=1S/C16H16N2O2S/c1-11-5-6-13(4-3-8-19)14(10-11)15(20)18-12(2)16-17-7-9-21-16/h5-7,9-10,12,19H,8H2,1-2H3,(H,18,20). The molecule has 0 bridgehead atoms. The van der Waals surface area contributed by atoms with E-state index < -0.39 is 0 Å². The number of aliphatic hydroxyl groups is 1. The zero-order valence-electron chi connectivity index (χ0n) is 11.9. The first-order chi connectivity index (χ1) is 10.1. The van der Waals surface area contributed by atoms with Gasteiger partial charge in [0.05, 0.1) is 11.6 Å². The van der Waals surface area contributed by atoms with Gasteiger partial charge in [-0.2, -0.15) is 0 Å². The number of nitrogens with one attached hydrogen (secondary N) is 1. The van der Waals surface area contributed by atoms with Crippen LogP contribution in [0.2, 0.25) is 0 Å². The number of hydrogen-bond donors (Lipinski definition) is 2. The van der Waals surface area contributed by atoms with E-state index in [-0.39, 0.29) is 18.6 Å². The minimum absolute atomic E-state index is 0.156. The Morgan fingerprint density at radius 1 is 1.52 bits per heavy atom. The normalized spacial score (nSPS) is 11.4. The van der Waals surface area contributed by atoms with Crippen molar-refractivity contribution in [2.24, 2.45) is 0 Å². The number of benzene rings is 1. The van der Waals surface area contributed by atoms with Gasteiger partial charge in [-0.05, 0) is 26.0 Å². The number of thiazole rings is 1. The molecule has 4 nitrogen and oxygen atoms in total. The van der Waals surface area contributed by atoms with Crippen molar-refractivity contribution in [2.75, 3.05) is 6.61 Å². The average Bonchev–Trinajstić information content (AvgIpc) is 3.00. The van der Waals surface area contributed by atoms with E-state index in [1.54, 1.807) is 18.3 Å². The van der Waals surface area contributed by atoms with Crippen molar-refractivity contribution in [3.63, 3.8) is 0 Å². The van der Waals surface area contributed by atoms with E-state index in [1.807, 2.05) is 25.3 Å². The van der Waals surface area contributed by atoms with Crippen LogP contribution in [-0.4, -0.2) is 22.6 Å². The highest BCUT2D eigenvalue weighted by Gasteiger charge is 2.15. The molecule has 2 N–H and O–H groups in total. The van der Waals surface area contributed by atoms with E-state index in [9.17, 15) is 4.79 Å². The molecule has 1 atom stereocenters. The van der Waals surface area contributed by atoms with Gasteiger partial charge in [0, 0.05) is 17.1 Å². The number of carbonyl (C=O) groups is 1. The molecule has 0 saturated carbocycles. The lowest BCUT2D eigenvalue weighted by Crippen LogP contribution is -2.27. The van der Waals surface area contributed by atoms with Crippen LogP contribution < -0.4 is 5.32 Å². The lowest BCUT2D eigenvalue weighted by atomic mass is 10.0. The van der Waals surface area contributed by atoms with Crippen LogP contribution in [0.5, 0.6) is 0 Å². The Morgan fingerprint density at radius 3 is 3.00 bits per heavy atom. The molecule has 0 aliphatic heterocycles. The van der Waals surface area contributed by atoms with Crippen molar-refractivity contribution >= 4 is 17.2 Å². The molecule has 0 saturated heterocycles. The molecule has 1 unspecified atom stereocenters. The number of nitrogens with zero attached hydrogens (tertiary/aromatic N) is 1. The number of carbonyl (C=O) groups excluding carboxylic acids is 1. The van der Waals surface area contributed by atoms with Crippen LogP contribution in [0, 0.1) is 18.8 Å². The summed E-state index contributed by atoms with van der Waals surface area (Å²) in [4.78, 5) is 16.6. The summed E-state index contributed by atoms with van der Waals surface area (Å²) < 4.78 is 0. The van der Waals surface area contributed by atoms with E-state index >= 15 is 0 Å². The average molecular weight is 300 g/mol. The first-order valence-corrected chi connectivity index (χ1v) is 7.40. The maximum absolute atomic E-state index is 12.4. The second-order valence-electron chi connectivity index (χ2n) is 4.57. The van der Waals surface area contributed by atoms with Crippen LogP contribution in [0.15, 0.2) is 29.8 Å². The summed E-state index contributed by atoms with van der Waals surface area (Å²) in [7, 11) is 0. The Bertz CT molecular complexity index is 684. The molecule has 2 aromatic rings. The number of amides is 1. The van der Waals surface area contributed by atoms with Gasteiger partial charge in [0.2, 0.25) is 0 Å². The number of aliphatic hydroxyl groups excluding tert-OH is 1. The number of aromatic nitrogens is 1. The molecule has 2 rings (SSSR count). The molecule has 0 radical (unpaired) electrons. The quantitative estimate of drug-likeness (QED) is 0.855. The molecular weight excluding hydrogens is 284 g/mol. The summed E-state index contributed by atoms with van der Waals surface area (Å²) in [6.07, 6.45) is 1.72. The van der Waals surface area contributed by atoms with Crippen LogP contribution in [-0.2, 0) is 0 Å². The molecule has 0 aliphatic rings. The predicted octanol–water partition coefficient (Wildman–Crippen LogP) is 2.29. The molecule has 1 aromatic heterocycles. The van der Waals surface area contributed by atoms with Gasteiger partial charge in [-0.3, -0.25) is 4.79 Å². The highest BCUT2D eigenvalue weighted by atomic mass is 32.1. The summed E-state index contributed by atoms with van der Waals surface area (Å²) >= 11 is 1.50. The van der Waals surface area contributed by atoms with Gasteiger partial charge in [-0.1, -0.05) is 23.5 Å². The largest absolute Gasteiger partial charge is 0.384 e. The Morgan fingerprint density at radius 2 is 2.33 bits per heavy atom. The van der Waals surface area contributed by atoms with Crippen LogP contribution >= 0.6 is 11.3 Å². The zero-order chi connectivity index (χ0) is 15.2. The van der Waals surface area contributed by atoms with Gasteiger partial charge >= 0.3 is 0 Å². The molecular formula is C16H16N2O2S. The summed E-state index contributed by atoms with van der Waals surface area (Å²) in [5, 5.41) is 14.5. The molecule has 1 heterocycles. The third-order valence-electron chi connectivity index (χ3n) is 2.89. The molecule has 5 heteroatoms. The minimum atomic E-state index is -0.232. The summed E-state index contributed by atoms with van der Waals surface area (Å²) in [6.45, 7) is 3.58. The number of hydrogen-bond acceptors (Lipinski definition) is 4. The van der Waals surface area contributed by atoms with Gasteiger partial charge in [-0.25, -0.2) is 4.98 Å². The number of rotatable bonds is 3. The lowest BCUT2D eigenvalue weighted by molar-refractivity contribution is 0.0939. The van der Waals surface area contributed by atoms with Gasteiger partial charge in [0.25, 0.3) is 5.91 Å². The third-order valence-corrected chi connectivity index (χ3v) is 3.85. The van der Waals surface area contributed by atoms with Crippen LogP contribution in [0.3, 0.4) is 0 Å². The van der Waals surface area contributed by atoms with Crippen LogP contribution in [0.4, 0.5) is 0 Å². The van der Waals surface area contributed by atoms with Gasteiger partial charge in [-0.15, -0.1) is 11.3 Å². The number of aryl methyl sites for hydroxylation is 1. The van der Waals surface area contributed by atoms with Gasteiger partial charge in [0.15, 0.2) is 0 Å². The van der Waals surface area contributed by atoms with E-state index in [2.05, 4.69) is 22.1 Å². The lowest BCUT2D eigenvalue weighted by Gasteiger charge is -2.12. The SMILES string of the molecule is Cc1ccc(C#CCO)c(C(=O)NC(C)c2nccs2)c1. The minimum Gasteiger partial charge on any atom is -0.384 e. The van der Waals surface area contributed by atoms with E-state index in [0.29, 0.717) is 11.1 Å². The highest BCUT2D eigenvalue weighted by Crippen LogP contribution is 2.17. The highest BCUT2D eigenvalue weighted by molar-refractivity contribution is 7.09. The fourth-order valence-corrected chi connectivity index (χ4v) is 2.52. The molecule has 108 valence electrons. The van der Waals surface area contributed by atoms with E-state index in [4.69, 9.17) is 5.11 Å². The second kappa shape index (κ2) is 7.02. The fraction of sp³-hybridized carbons (Fsp3) is 0.250. The molecule has 21 heavy (non-hydrogen) atoms. The van der Waals surface area contributed by atoms with Gasteiger partial charge in [0.1, 0.15) is 11.6 Å². The Labute approximate surface area is 127 Å². The predicted molar refractivity (Wildman–Crippen MR) is 83.1 cm³/mol. The van der Waals surface area contributed by atoms with Crippen LogP contribution in [0.1, 0.15) is 39.5 Å². The Balaban J connectivity index is 2.24. The van der Waals surface area contributed by atoms with Crippen molar-refractivity contribution in [1.29, 1.82) is 0 Å². The van der Waals surface area contributed by atoms with Gasteiger partial charge < -0.3 is 10.4 Å². The molecule has 1 aromatic carbocycles. The zero-order valence-corrected chi connectivity index (χ0v) is 12.7. The molecule has 0 spiro atoms. The van der Waals surface area contributed by atoms with Crippen molar-refractivity contribution in [1.82, 2.24) is 10.3 Å². The van der Waals surface area contributed by atoms with Crippen LogP contribution in [0.25, 0.3) is 0 Å². The fourth-order valence-electron chi connectivity index (χ4n) is 1.87. The monoisotopic (exact) mass is 300 g/mol. The molecule has 1 amide bonds. The summed E-state index contributed by atoms with van der Waals surface area (Å²) in [5.41, 5.74) is 2.11. The second-order valence-corrected chi connectivity index (χ2v) is 5.50. The van der Waals surface area contributed by atoms with Crippen molar-refractivity contribution in [3.8, 4) is 11.8 Å². The smallest absolute Gasteiger partial charge is 0.253 e. The first kappa shape index (κ1) is 15.2. The molecule has 0 aliphatic carbocycles.